The van der Waals surface area contributed by atoms with Crippen LogP contribution in [0.25, 0.3) is 0 Å². The van der Waals surface area contributed by atoms with E-state index >= 15 is 0 Å². The highest BCUT2D eigenvalue weighted by Crippen LogP contribution is 2.41. The van der Waals surface area contributed by atoms with Gasteiger partial charge < -0.3 is 0 Å². The minimum Gasteiger partial charge on any atom is -0.299 e. The average Bonchev–Trinajstić information content (AvgIpc) is 2.03. The number of rotatable bonds is 1. The van der Waals surface area contributed by atoms with Crippen molar-refractivity contribution in [3.05, 3.63) is 11.6 Å². The molecule has 11 heavy (non-hydrogen) atoms. The van der Waals surface area contributed by atoms with Crippen molar-refractivity contribution < 1.29 is 4.79 Å². The highest BCUT2D eigenvalue weighted by Gasteiger charge is 2.39. The summed E-state index contributed by atoms with van der Waals surface area (Å²) in [5.41, 5.74) is 1.50. The molecule has 2 atom stereocenters. The summed E-state index contributed by atoms with van der Waals surface area (Å²) >= 11 is 0. The van der Waals surface area contributed by atoms with Crippen molar-refractivity contribution in [2.24, 2.45) is 11.8 Å². The molecule has 1 heteroatoms. The van der Waals surface area contributed by atoms with Crippen molar-refractivity contribution in [3.63, 3.8) is 0 Å². The van der Waals surface area contributed by atoms with Gasteiger partial charge in [0.05, 0.1) is 0 Å². The summed E-state index contributed by atoms with van der Waals surface area (Å²) in [5, 5.41) is 0. The predicted octanol–water partition coefficient (Wildman–Crippen LogP) is 2.32. The monoisotopic (exact) mass is 150 g/mol. The van der Waals surface area contributed by atoms with Crippen molar-refractivity contribution in [1.82, 2.24) is 0 Å². The minimum atomic E-state index is 0.332. The first kappa shape index (κ1) is 7.08. The third-order valence-electron chi connectivity index (χ3n) is 3.05. The maximum atomic E-state index is 11.1. The maximum absolute atomic E-state index is 11.1. The maximum Gasteiger partial charge on any atom is 0.140 e. The highest BCUT2D eigenvalue weighted by atomic mass is 16.1. The van der Waals surface area contributed by atoms with E-state index in [1.54, 1.807) is 0 Å². The van der Waals surface area contributed by atoms with Crippen molar-refractivity contribution >= 4 is 5.78 Å². The molecule has 0 bridgehead atoms. The van der Waals surface area contributed by atoms with Crippen molar-refractivity contribution in [2.75, 3.05) is 0 Å². The smallest absolute Gasteiger partial charge is 0.140 e. The summed E-state index contributed by atoms with van der Waals surface area (Å²) < 4.78 is 0. The molecule has 2 rings (SSSR count). The molecule has 0 amide bonds. The lowest BCUT2D eigenvalue weighted by Crippen LogP contribution is -2.37. The van der Waals surface area contributed by atoms with Crippen LogP contribution < -0.4 is 0 Å². The molecule has 1 fully saturated rings. The molecule has 1 nitrogen and oxygen atoms in total. The third-order valence-corrected chi connectivity index (χ3v) is 3.05. The van der Waals surface area contributed by atoms with Gasteiger partial charge in [-0.15, -0.1) is 0 Å². The van der Waals surface area contributed by atoms with Gasteiger partial charge in [-0.05, 0) is 25.2 Å². The molecule has 0 heterocycles. The number of ketones is 1. The molecule has 0 aliphatic heterocycles. The van der Waals surface area contributed by atoms with Crippen LogP contribution in [0.5, 0.6) is 0 Å². The van der Waals surface area contributed by atoms with E-state index in [9.17, 15) is 4.79 Å². The molecule has 0 radical (unpaired) electrons. The molecule has 0 saturated heterocycles. The molecular formula is C10H14O. The number of Topliss-reactive ketones (excluding diaryl/α,β-unsaturated/α-hetero) is 1. The van der Waals surface area contributed by atoms with Crippen molar-refractivity contribution in [3.8, 4) is 0 Å². The van der Waals surface area contributed by atoms with E-state index in [0.29, 0.717) is 11.7 Å². The van der Waals surface area contributed by atoms with Crippen molar-refractivity contribution in [1.29, 1.82) is 0 Å². The second-order valence-electron chi connectivity index (χ2n) is 3.67. The Morgan fingerprint density at radius 3 is 3.09 bits per heavy atom. The second-order valence-corrected chi connectivity index (χ2v) is 3.67. The first-order valence-corrected chi connectivity index (χ1v) is 4.53. The molecule has 0 aromatic carbocycles. The normalized spacial score (nSPS) is 35.7. The first-order valence-electron chi connectivity index (χ1n) is 4.53. The summed E-state index contributed by atoms with van der Waals surface area (Å²) in [6.07, 6.45) is 6.72. The Morgan fingerprint density at radius 2 is 2.45 bits per heavy atom. The van der Waals surface area contributed by atoms with Crippen LogP contribution in [0.3, 0.4) is 0 Å². The van der Waals surface area contributed by atoms with Crippen LogP contribution in [-0.2, 0) is 4.79 Å². The van der Waals surface area contributed by atoms with Crippen LogP contribution in [0.15, 0.2) is 11.6 Å². The Morgan fingerprint density at radius 1 is 1.64 bits per heavy atom. The predicted molar refractivity (Wildman–Crippen MR) is 44.2 cm³/mol. The zero-order chi connectivity index (χ0) is 7.84. The van der Waals surface area contributed by atoms with Crippen LogP contribution >= 0.6 is 0 Å². The summed E-state index contributed by atoms with van der Waals surface area (Å²) in [4.78, 5) is 11.1. The van der Waals surface area contributed by atoms with Gasteiger partial charge in [0, 0.05) is 12.3 Å². The molecule has 0 N–H and O–H groups in total. The number of hydrogen-bond acceptors (Lipinski definition) is 1. The standard InChI is InChI=1S/C10H14O/c1-2-7-3-4-8-6-10(11)9(8)5-7/h5,8-9H,2-4,6H2,1H3. The lowest BCUT2D eigenvalue weighted by Gasteiger charge is -2.37. The first-order chi connectivity index (χ1) is 5.31. The average molecular weight is 150 g/mol. The Balaban J connectivity index is 2.13. The molecule has 0 spiro atoms. The van der Waals surface area contributed by atoms with Gasteiger partial charge in [-0.1, -0.05) is 18.6 Å². The summed E-state index contributed by atoms with van der Waals surface area (Å²) in [6, 6.07) is 0. The fourth-order valence-corrected chi connectivity index (χ4v) is 2.14. The van der Waals surface area contributed by atoms with E-state index in [-0.39, 0.29) is 0 Å². The number of carbonyl (C=O) groups is 1. The van der Waals surface area contributed by atoms with E-state index in [1.807, 2.05) is 0 Å². The Bertz CT molecular complexity index is 215. The van der Waals surface area contributed by atoms with Crippen LogP contribution in [0.1, 0.15) is 32.6 Å². The fourth-order valence-electron chi connectivity index (χ4n) is 2.14. The number of allylic oxidation sites excluding steroid dienone is 2. The van der Waals surface area contributed by atoms with E-state index in [1.165, 1.54) is 18.4 Å². The van der Waals surface area contributed by atoms with E-state index < -0.39 is 0 Å². The van der Waals surface area contributed by atoms with Gasteiger partial charge in [0.15, 0.2) is 0 Å². The van der Waals surface area contributed by atoms with E-state index in [0.717, 1.165) is 18.8 Å². The molecule has 0 aromatic rings. The van der Waals surface area contributed by atoms with Gasteiger partial charge in [0.25, 0.3) is 0 Å². The Kier molecular flexibility index (Phi) is 1.59. The number of hydrogen-bond donors (Lipinski definition) is 0. The molecule has 2 aliphatic carbocycles. The SMILES string of the molecule is CCC1=CC2C(=O)CC2CC1. The van der Waals surface area contributed by atoms with Crippen LogP contribution in [0, 0.1) is 11.8 Å². The quantitative estimate of drug-likeness (QED) is 0.524. The zero-order valence-electron chi connectivity index (χ0n) is 6.97. The van der Waals surface area contributed by atoms with Crippen molar-refractivity contribution in [2.45, 2.75) is 32.6 Å². The summed E-state index contributed by atoms with van der Waals surface area (Å²) in [6.45, 7) is 2.18. The molecule has 0 aromatic heterocycles. The molecule has 2 unspecified atom stereocenters. The lowest BCUT2D eigenvalue weighted by molar-refractivity contribution is -0.132. The van der Waals surface area contributed by atoms with Gasteiger partial charge in [-0.3, -0.25) is 4.79 Å². The highest BCUT2D eigenvalue weighted by molar-refractivity contribution is 5.89. The molecule has 2 aliphatic rings. The van der Waals surface area contributed by atoms with Crippen LogP contribution in [0.4, 0.5) is 0 Å². The van der Waals surface area contributed by atoms with Gasteiger partial charge in [-0.2, -0.15) is 0 Å². The Hall–Kier alpha value is -0.590. The molecule has 1 saturated carbocycles. The van der Waals surface area contributed by atoms with Crippen LogP contribution in [-0.4, -0.2) is 5.78 Å². The molecule has 60 valence electrons. The van der Waals surface area contributed by atoms with E-state index in [4.69, 9.17) is 0 Å². The number of carbonyl (C=O) groups excluding carboxylic acids is 1. The second kappa shape index (κ2) is 2.47. The Labute approximate surface area is 67.5 Å². The number of fused-ring (bicyclic) bond motifs is 1. The fraction of sp³-hybridized carbons (Fsp3) is 0.700. The van der Waals surface area contributed by atoms with Gasteiger partial charge in [0.1, 0.15) is 5.78 Å². The van der Waals surface area contributed by atoms with Gasteiger partial charge in [0.2, 0.25) is 0 Å². The minimum absolute atomic E-state index is 0.332. The molecular weight excluding hydrogens is 136 g/mol. The topological polar surface area (TPSA) is 17.1 Å². The van der Waals surface area contributed by atoms with Crippen LogP contribution in [0.2, 0.25) is 0 Å². The largest absolute Gasteiger partial charge is 0.299 e. The third kappa shape index (κ3) is 1.03. The summed E-state index contributed by atoms with van der Waals surface area (Å²) in [7, 11) is 0. The van der Waals surface area contributed by atoms with Gasteiger partial charge >= 0.3 is 0 Å². The van der Waals surface area contributed by atoms with Gasteiger partial charge in [-0.25, -0.2) is 0 Å². The lowest BCUT2D eigenvalue weighted by atomic mass is 9.66. The summed E-state index contributed by atoms with van der Waals surface area (Å²) in [5.74, 6) is 1.53. The zero-order valence-corrected chi connectivity index (χ0v) is 6.97. The van der Waals surface area contributed by atoms with E-state index in [2.05, 4.69) is 13.0 Å².